The molecular formula is C25H23ClN2O2. The van der Waals surface area contributed by atoms with Crippen molar-refractivity contribution in [1.82, 2.24) is 4.90 Å². The van der Waals surface area contributed by atoms with E-state index in [9.17, 15) is 9.59 Å². The van der Waals surface area contributed by atoms with E-state index < -0.39 is 0 Å². The molecule has 2 amide bonds. The third-order valence-electron chi connectivity index (χ3n) is 5.50. The van der Waals surface area contributed by atoms with Crippen LogP contribution in [0.5, 0.6) is 0 Å². The van der Waals surface area contributed by atoms with E-state index in [1.807, 2.05) is 47.4 Å². The Hall–Kier alpha value is -3.11. The van der Waals surface area contributed by atoms with E-state index in [2.05, 4.69) is 17.4 Å². The van der Waals surface area contributed by atoms with Gasteiger partial charge >= 0.3 is 0 Å². The number of anilines is 1. The zero-order valence-corrected chi connectivity index (χ0v) is 17.3. The summed E-state index contributed by atoms with van der Waals surface area (Å²) in [6, 6.07) is 24.9. The van der Waals surface area contributed by atoms with Gasteiger partial charge in [-0.2, -0.15) is 0 Å². The molecule has 0 bridgehead atoms. The second-order valence-electron chi connectivity index (χ2n) is 7.51. The molecule has 0 atom stereocenters. The van der Waals surface area contributed by atoms with Crippen LogP contribution in [0.4, 0.5) is 5.69 Å². The van der Waals surface area contributed by atoms with Crippen molar-refractivity contribution in [3.8, 4) is 11.1 Å². The number of halogens is 1. The van der Waals surface area contributed by atoms with Crippen LogP contribution in [0.1, 0.15) is 23.2 Å². The summed E-state index contributed by atoms with van der Waals surface area (Å²) in [6.45, 7) is 1.16. The Balaban J connectivity index is 1.32. The maximum Gasteiger partial charge on any atom is 0.253 e. The molecule has 5 heteroatoms. The van der Waals surface area contributed by atoms with Crippen LogP contribution in [-0.2, 0) is 4.79 Å². The Morgan fingerprint density at radius 2 is 1.40 bits per heavy atom. The Bertz CT molecular complexity index is 1010. The highest BCUT2D eigenvalue weighted by molar-refractivity contribution is 6.30. The van der Waals surface area contributed by atoms with Gasteiger partial charge in [0.25, 0.3) is 5.91 Å². The molecule has 0 aliphatic carbocycles. The lowest BCUT2D eigenvalue weighted by Crippen LogP contribution is -2.41. The van der Waals surface area contributed by atoms with Crippen molar-refractivity contribution >= 4 is 29.1 Å². The first-order chi connectivity index (χ1) is 14.6. The summed E-state index contributed by atoms with van der Waals surface area (Å²) in [4.78, 5) is 27.2. The van der Waals surface area contributed by atoms with Gasteiger partial charge in [-0.05, 0) is 60.4 Å². The van der Waals surface area contributed by atoms with Crippen LogP contribution >= 0.6 is 11.6 Å². The van der Waals surface area contributed by atoms with Crippen molar-refractivity contribution in [2.75, 3.05) is 18.4 Å². The fraction of sp³-hybridized carbons (Fsp3) is 0.200. The van der Waals surface area contributed by atoms with Gasteiger partial charge in [0.15, 0.2) is 0 Å². The van der Waals surface area contributed by atoms with E-state index >= 15 is 0 Å². The predicted molar refractivity (Wildman–Crippen MR) is 121 cm³/mol. The number of carbonyl (C=O) groups excluding carboxylic acids is 2. The van der Waals surface area contributed by atoms with Gasteiger partial charge in [-0.1, -0.05) is 54.1 Å². The smallest absolute Gasteiger partial charge is 0.253 e. The maximum absolute atomic E-state index is 12.9. The van der Waals surface area contributed by atoms with Crippen molar-refractivity contribution in [3.05, 3.63) is 89.4 Å². The highest BCUT2D eigenvalue weighted by atomic mass is 35.5. The lowest BCUT2D eigenvalue weighted by Gasteiger charge is -2.31. The minimum absolute atomic E-state index is 0.00312. The van der Waals surface area contributed by atoms with Gasteiger partial charge in [0.05, 0.1) is 0 Å². The Labute approximate surface area is 181 Å². The number of benzene rings is 3. The number of amides is 2. The number of carbonyl (C=O) groups is 2. The monoisotopic (exact) mass is 418 g/mol. The summed E-state index contributed by atoms with van der Waals surface area (Å²) in [5.74, 6) is -0.0759. The van der Waals surface area contributed by atoms with Gasteiger partial charge in [-0.25, -0.2) is 0 Å². The molecule has 4 rings (SSSR count). The highest BCUT2D eigenvalue weighted by Crippen LogP contribution is 2.23. The van der Waals surface area contributed by atoms with Crippen molar-refractivity contribution < 1.29 is 9.59 Å². The largest absolute Gasteiger partial charge is 0.339 e. The van der Waals surface area contributed by atoms with Crippen LogP contribution < -0.4 is 5.32 Å². The number of rotatable bonds is 4. The molecule has 0 radical (unpaired) electrons. The third kappa shape index (κ3) is 4.71. The molecule has 1 heterocycles. The Morgan fingerprint density at radius 3 is 2.03 bits per heavy atom. The van der Waals surface area contributed by atoms with E-state index in [0.717, 1.165) is 16.8 Å². The van der Waals surface area contributed by atoms with Gasteiger partial charge in [-0.15, -0.1) is 0 Å². The minimum Gasteiger partial charge on any atom is -0.339 e. The summed E-state index contributed by atoms with van der Waals surface area (Å²) in [6.07, 6.45) is 1.32. The fourth-order valence-corrected chi connectivity index (χ4v) is 3.87. The SMILES string of the molecule is O=C(Nc1ccc(Cl)cc1)C1CCN(C(=O)c2ccc(-c3ccccc3)cc2)CC1. The van der Waals surface area contributed by atoms with Crippen LogP contribution in [0.25, 0.3) is 11.1 Å². The highest BCUT2D eigenvalue weighted by Gasteiger charge is 2.27. The molecule has 152 valence electrons. The molecule has 0 saturated carbocycles. The lowest BCUT2D eigenvalue weighted by molar-refractivity contribution is -0.121. The predicted octanol–water partition coefficient (Wildman–Crippen LogP) is 5.50. The second kappa shape index (κ2) is 9.14. The molecule has 0 spiro atoms. The van der Waals surface area contributed by atoms with Crippen LogP contribution in [0.3, 0.4) is 0 Å². The van der Waals surface area contributed by atoms with Crippen LogP contribution in [0, 0.1) is 5.92 Å². The topological polar surface area (TPSA) is 49.4 Å². The molecule has 1 aliphatic rings. The van der Waals surface area contributed by atoms with Crippen molar-refractivity contribution in [2.24, 2.45) is 5.92 Å². The average Bonchev–Trinajstić information content (AvgIpc) is 2.81. The zero-order chi connectivity index (χ0) is 20.9. The molecule has 3 aromatic carbocycles. The number of likely N-dealkylation sites (tertiary alicyclic amines) is 1. The van der Waals surface area contributed by atoms with Crippen LogP contribution in [0.15, 0.2) is 78.9 Å². The van der Waals surface area contributed by atoms with E-state index in [0.29, 0.717) is 36.5 Å². The molecule has 0 aromatic heterocycles. The van der Waals surface area contributed by atoms with Gasteiger partial charge in [0.1, 0.15) is 0 Å². The molecule has 1 fully saturated rings. The summed E-state index contributed by atoms with van der Waals surface area (Å²) in [5, 5.41) is 3.57. The summed E-state index contributed by atoms with van der Waals surface area (Å²) >= 11 is 5.88. The number of hydrogen-bond acceptors (Lipinski definition) is 2. The molecule has 4 nitrogen and oxygen atoms in total. The summed E-state index contributed by atoms with van der Waals surface area (Å²) in [7, 11) is 0. The third-order valence-corrected chi connectivity index (χ3v) is 5.76. The van der Waals surface area contributed by atoms with Gasteiger partial charge in [0.2, 0.25) is 5.91 Å². The molecule has 30 heavy (non-hydrogen) atoms. The molecule has 0 unspecified atom stereocenters. The molecule has 1 N–H and O–H groups in total. The quantitative estimate of drug-likeness (QED) is 0.608. The number of hydrogen-bond donors (Lipinski definition) is 1. The number of nitrogens with one attached hydrogen (secondary N) is 1. The van der Waals surface area contributed by atoms with E-state index in [4.69, 9.17) is 11.6 Å². The first-order valence-electron chi connectivity index (χ1n) is 10.1. The summed E-state index contributed by atoms with van der Waals surface area (Å²) < 4.78 is 0. The van der Waals surface area contributed by atoms with E-state index in [-0.39, 0.29) is 17.7 Å². The minimum atomic E-state index is -0.0924. The maximum atomic E-state index is 12.9. The van der Waals surface area contributed by atoms with Gasteiger partial charge in [-0.3, -0.25) is 9.59 Å². The Morgan fingerprint density at radius 1 is 0.800 bits per heavy atom. The Kier molecular flexibility index (Phi) is 6.15. The molecular weight excluding hydrogens is 396 g/mol. The van der Waals surface area contributed by atoms with Crippen LogP contribution in [0.2, 0.25) is 5.02 Å². The zero-order valence-electron chi connectivity index (χ0n) is 16.6. The van der Waals surface area contributed by atoms with Gasteiger partial charge < -0.3 is 10.2 Å². The van der Waals surface area contributed by atoms with E-state index in [1.54, 1.807) is 24.3 Å². The first kappa shape index (κ1) is 20.2. The average molecular weight is 419 g/mol. The van der Waals surface area contributed by atoms with Crippen molar-refractivity contribution in [3.63, 3.8) is 0 Å². The van der Waals surface area contributed by atoms with E-state index in [1.165, 1.54) is 0 Å². The van der Waals surface area contributed by atoms with Crippen LogP contribution in [-0.4, -0.2) is 29.8 Å². The molecule has 1 aliphatic heterocycles. The molecule has 3 aromatic rings. The molecule has 1 saturated heterocycles. The number of nitrogens with zero attached hydrogens (tertiary/aromatic N) is 1. The second-order valence-corrected chi connectivity index (χ2v) is 7.94. The lowest BCUT2D eigenvalue weighted by atomic mass is 9.95. The van der Waals surface area contributed by atoms with Gasteiger partial charge in [0, 0.05) is 35.3 Å². The van der Waals surface area contributed by atoms with Crippen molar-refractivity contribution in [1.29, 1.82) is 0 Å². The normalized spacial score (nSPS) is 14.4. The fourth-order valence-electron chi connectivity index (χ4n) is 3.74. The summed E-state index contributed by atoms with van der Waals surface area (Å²) in [5.41, 5.74) is 3.63. The first-order valence-corrected chi connectivity index (χ1v) is 10.5. The standard InChI is InChI=1S/C25H23ClN2O2/c26-22-10-12-23(13-11-22)27-24(29)20-14-16-28(17-15-20)25(30)21-8-6-19(7-9-21)18-4-2-1-3-5-18/h1-13,20H,14-17H2,(H,27,29). The number of piperidine rings is 1. The van der Waals surface area contributed by atoms with Crippen molar-refractivity contribution in [2.45, 2.75) is 12.8 Å².